The van der Waals surface area contributed by atoms with Crippen LogP contribution in [0, 0.1) is 0 Å². The van der Waals surface area contributed by atoms with Crippen molar-refractivity contribution in [3.8, 4) is 0 Å². The molecule has 1 heterocycles. The third-order valence-corrected chi connectivity index (χ3v) is 1.75. The van der Waals surface area contributed by atoms with Crippen molar-refractivity contribution in [3.05, 3.63) is 0 Å². The van der Waals surface area contributed by atoms with E-state index in [0.29, 0.717) is 0 Å². The molecule has 0 aliphatic carbocycles. The summed E-state index contributed by atoms with van der Waals surface area (Å²) < 4.78 is 4.67. The van der Waals surface area contributed by atoms with Crippen molar-refractivity contribution >= 4 is 11.8 Å². The lowest BCUT2D eigenvalue weighted by Crippen LogP contribution is -2.53. The van der Waals surface area contributed by atoms with Gasteiger partial charge in [0.2, 0.25) is 0 Å². The maximum absolute atomic E-state index is 10.9. The van der Waals surface area contributed by atoms with Gasteiger partial charge in [0.25, 0.3) is 0 Å². The molecule has 1 unspecified atom stereocenters. The van der Waals surface area contributed by atoms with Crippen LogP contribution in [0.3, 0.4) is 0 Å². The van der Waals surface area contributed by atoms with E-state index in [1.165, 1.54) is 6.92 Å². The van der Waals surface area contributed by atoms with Crippen LogP contribution in [0.2, 0.25) is 0 Å². The molecule has 0 saturated carbocycles. The van der Waals surface area contributed by atoms with Crippen molar-refractivity contribution in [3.63, 3.8) is 0 Å². The minimum Gasteiger partial charge on any atom is -0.479 e. The Kier molecular flexibility index (Phi) is 1.69. The van der Waals surface area contributed by atoms with E-state index >= 15 is 0 Å². The Hall–Kier alpha value is -0.940. The highest BCUT2D eigenvalue weighted by Gasteiger charge is 2.48. The smallest absolute Gasteiger partial charge is 0.335 e. The molecule has 1 aliphatic heterocycles. The molecule has 5 heteroatoms. The molecule has 3 N–H and O–H groups in total. The highest BCUT2D eigenvalue weighted by molar-refractivity contribution is 5.97. The predicted octanol–water partition coefficient (Wildman–Crippen LogP) is -1.24. The fourth-order valence-corrected chi connectivity index (χ4v) is 0.962. The summed E-state index contributed by atoms with van der Waals surface area (Å²) in [5.74, 6) is -1.56. The van der Waals surface area contributed by atoms with Crippen LogP contribution >= 0.6 is 0 Å². The lowest BCUT2D eigenvalue weighted by Gasteiger charge is -2.18. The van der Waals surface area contributed by atoms with Crippen LogP contribution in [-0.2, 0) is 14.3 Å². The summed E-state index contributed by atoms with van der Waals surface area (Å²) in [5, 5.41) is 8.51. The van der Waals surface area contributed by atoms with Gasteiger partial charge in [0.05, 0.1) is 0 Å². The number of ether oxygens (including phenoxy) is 1. The molecule has 1 saturated heterocycles. The second-order valence-electron chi connectivity index (χ2n) is 2.74. The summed E-state index contributed by atoms with van der Waals surface area (Å²) in [5.41, 5.74) is 4.04. The number of carboxylic acids is 1. The molecule has 0 radical (unpaired) electrons. The highest BCUT2D eigenvalue weighted by Crippen LogP contribution is 2.19. The van der Waals surface area contributed by atoms with Crippen molar-refractivity contribution in [1.29, 1.82) is 0 Å². The van der Waals surface area contributed by atoms with Gasteiger partial charge in [0.15, 0.2) is 11.9 Å². The Bertz CT molecular complexity index is 211. The molecule has 5 nitrogen and oxygen atoms in total. The van der Waals surface area contributed by atoms with Gasteiger partial charge < -0.3 is 15.6 Å². The molecular weight excluding hydrogens is 150 g/mol. The summed E-state index contributed by atoms with van der Waals surface area (Å²) >= 11 is 0. The summed E-state index contributed by atoms with van der Waals surface area (Å²) in [6, 6.07) is 0. The zero-order valence-electron chi connectivity index (χ0n) is 6.03. The zero-order chi connectivity index (χ0) is 8.65. The molecule has 0 aromatic rings. The first-order chi connectivity index (χ1) is 4.96. The van der Waals surface area contributed by atoms with E-state index in [0.717, 1.165) is 0 Å². The molecule has 0 spiro atoms. The van der Waals surface area contributed by atoms with Gasteiger partial charge >= 0.3 is 5.97 Å². The minimum atomic E-state index is -1.37. The van der Waals surface area contributed by atoms with Crippen molar-refractivity contribution in [1.82, 2.24) is 0 Å². The van der Waals surface area contributed by atoms with E-state index in [4.69, 9.17) is 10.8 Å². The molecule has 0 amide bonds. The van der Waals surface area contributed by atoms with Crippen molar-refractivity contribution in [2.45, 2.75) is 18.6 Å². The molecule has 2 atom stereocenters. The van der Waals surface area contributed by atoms with Gasteiger partial charge in [-0.3, -0.25) is 4.79 Å². The monoisotopic (exact) mass is 159 g/mol. The number of rotatable bonds is 1. The van der Waals surface area contributed by atoms with Crippen molar-refractivity contribution in [2.75, 3.05) is 6.61 Å². The molecule has 0 bridgehead atoms. The lowest BCUT2D eigenvalue weighted by molar-refractivity contribution is -0.149. The quantitative estimate of drug-likeness (QED) is 0.499. The van der Waals surface area contributed by atoms with E-state index in [1.807, 2.05) is 0 Å². The van der Waals surface area contributed by atoms with Gasteiger partial charge in [0, 0.05) is 0 Å². The number of hydrogen-bond acceptors (Lipinski definition) is 4. The maximum atomic E-state index is 10.9. The van der Waals surface area contributed by atoms with E-state index in [1.54, 1.807) is 0 Å². The summed E-state index contributed by atoms with van der Waals surface area (Å²) in [7, 11) is 0. The van der Waals surface area contributed by atoms with Gasteiger partial charge in [-0.1, -0.05) is 0 Å². The van der Waals surface area contributed by atoms with Gasteiger partial charge in [-0.15, -0.1) is 0 Å². The predicted molar refractivity (Wildman–Crippen MR) is 35.0 cm³/mol. The average Bonchev–Trinajstić information content (AvgIpc) is 2.08. The largest absolute Gasteiger partial charge is 0.479 e. The Morgan fingerprint density at radius 1 is 1.91 bits per heavy atom. The SMILES string of the molecule is C[C@@]1(N)C(=O)COC1C(=O)O. The average molecular weight is 159 g/mol. The Morgan fingerprint density at radius 3 is 2.64 bits per heavy atom. The minimum absolute atomic E-state index is 0.204. The molecule has 0 aromatic carbocycles. The third kappa shape index (κ3) is 1.12. The lowest BCUT2D eigenvalue weighted by atomic mass is 9.94. The second kappa shape index (κ2) is 2.28. The van der Waals surface area contributed by atoms with Gasteiger partial charge in [-0.25, -0.2) is 4.79 Å². The summed E-state index contributed by atoms with van der Waals surface area (Å²) in [4.78, 5) is 21.3. The number of nitrogens with two attached hydrogens (primary N) is 1. The van der Waals surface area contributed by atoms with E-state index in [9.17, 15) is 9.59 Å². The van der Waals surface area contributed by atoms with Crippen LogP contribution in [0.25, 0.3) is 0 Å². The Morgan fingerprint density at radius 2 is 2.45 bits per heavy atom. The first kappa shape index (κ1) is 8.16. The number of carbonyl (C=O) groups excluding carboxylic acids is 1. The van der Waals surface area contributed by atoms with E-state index in [-0.39, 0.29) is 12.4 Å². The van der Waals surface area contributed by atoms with E-state index in [2.05, 4.69) is 4.74 Å². The van der Waals surface area contributed by atoms with E-state index < -0.39 is 17.6 Å². The molecule has 62 valence electrons. The number of hydrogen-bond donors (Lipinski definition) is 2. The topological polar surface area (TPSA) is 89.6 Å². The third-order valence-electron chi connectivity index (χ3n) is 1.75. The summed E-state index contributed by atoms with van der Waals surface area (Å²) in [6.45, 7) is 1.16. The van der Waals surface area contributed by atoms with Gasteiger partial charge in [-0.05, 0) is 6.92 Å². The first-order valence-electron chi connectivity index (χ1n) is 3.13. The number of carboxylic acid groups (broad SMARTS) is 1. The summed E-state index contributed by atoms with van der Waals surface area (Å²) in [6.07, 6.45) is -1.20. The molecule has 1 rings (SSSR count). The van der Waals surface area contributed by atoms with Gasteiger partial charge in [0.1, 0.15) is 12.1 Å². The Labute approximate surface area is 63.1 Å². The fourth-order valence-electron chi connectivity index (χ4n) is 0.962. The molecule has 1 fully saturated rings. The number of aliphatic carboxylic acids is 1. The van der Waals surface area contributed by atoms with Crippen LogP contribution in [0.1, 0.15) is 6.92 Å². The highest BCUT2D eigenvalue weighted by atomic mass is 16.5. The van der Waals surface area contributed by atoms with Gasteiger partial charge in [-0.2, -0.15) is 0 Å². The number of Topliss-reactive ketones (excluding diaryl/α,β-unsaturated/α-hetero) is 1. The fraction of sp³-hybridized carbons (Fsp3) is 0.667. The van der Waals surface area contributed by atoms with Crippen LogP contribution < -0.4 is 5.73 Å². The second-order valence-corrected chi connectivity index (χ2v) is 2.74. The van der Waals surface area contributed by atoms with Crippen molar-refractivity contribution < 1.29 is 19.4 Å². The maximum Gasteiger partial charge on any atom is 0.335 e. The number of ketones is 1. The van der Waals surface area contributed by atoms with Crippen LogP contribution in [0.5, 0.6) is 0 Å². The standard InChI is InChI=1S/C6H9NO4/c1-6(7)3(8)2-11-4(6)5(9)10/h4H,2,7H2,1H3,(H,9,10)/t4?,6-/m1/s1. The molecule has 11 heavy (non-hydrogen) atoms. The molecule has 0 aromatic heterocycles. The van der Waals surface area contributed by atoms with Crippen molar-refractivity contribution in [2.24, 2.45) is 5.73 Å². The molecular formula is C6H9NO4. The van der Waals surface area contributed by atoms with Crippen LogP contribution in [0.4, 0.5) is 0 Å². The normalized spacial score (nSPS) is 37.6. The Balaban J connectivity index is 2.87. The van der Waals surface area contributed by atoms with Crippen LogP contribution in [-0.4, -0.2) is 35.1 Å². The van der Waals surface area contributed by atoms with Crippen LogP contribution in [0.15, 0.2) is 0 Å². The first-order valence-corrected chi connectivity index (χ1v) is 3.13. The zero-order valence-corrected chi connectivity index (χ0v) is 6.03. The molecule has 1 aliphatic rings. The number of carbonyl (C=O) groups is 2.